The Morgan fingerprint density at radius 1 is 0.524 bits per heavy atom. The van der Waals surface area contributed by atoms with Crippen molar-refractivity contribution in [3.05, 3.63) is 0 Å². The molecule has 1 heteroatoms. The predicted octanol–water partition coefficient (Wildman–Crippen LogP) is 7.84. The van der Waals surface area contributed by atoms with Gasteiger partial charge in [0.2, 0.25) is 0 Å². The van der Waals surface area contributed by atoms with Crippen molar-refractivity contribution >= 4 is 0 Å². The highest BCUT2D eigenvalue weighted by atomic mass is 14.8. The fourth-order valence-electron chi connectivity index (χ4n) is 1.08. The van der Waals surface area contributed by atoms with Gasteiger partial charge in [0.25, 0.3) is 0 Å². The second-order valence-electron chi connectivity index (χ2n) is 4.99. The maximum Gasteiger partial charge on any atom is -0.00519 e. The fraction of sp³-hybridized carbons (Fsp3) is 1.00. The van der Waals surface area contributed by atoms with Crippen molar-refractivity contribution in [2.75, 3.05) is 13.6 Å². The average Bonchev–Trinajstić information content (AvgIpc) is 2.47. The molecule has 21 heavy (non-hydrogen) atoms. The van der Waals surface area contributed by atoms with E-state index >= 15 is 0 Å². The van der Waals surface area contributed by atoms with Gasteiger partial charge in [-0.25, -0.2) is 0 Å². The van der Waals surface area contributed by atoms with E-state index in [1.165, 1.54) is 64.3 Å². The second-order valence-corrected chi connectivity index (χ2v) is 4.99. The number of hydrogen-bond donors (Lipinski definition) is 1. The lowest BCUT2D eigenvalue weighted by atomic mass is 10.1. The Bertz CT molecular complexity index is 69.2. The van der Waals surface area contributed by atoms with Crippen LogP contribution in [0.1, 0.15) is 120 Å². The van der Waals surface area contributed by atoms with Crippen LogP contribution in [-0.2, 0) is 0 Å². The summed E-state index contributed by atoms with van der Waals surface area (Å²) in [7, 11) is 2.02. The van der Waals surface area contributed by atoms with Crippen LogP contribution in [-0.4, -0.2) is 13.6 Å². The molecule has 0 radical (unpaired) electrons. The summed E-state index contributed by atoms with van der Waals surface area (Å²) >= 11 is 0. The first-order valence-corrected chi connectivity index (χ1v) is 9.80. The summed E-state index contributed by atoms with van der Waals surface area (Å²) in [6.07, 6.45) is 12.1. The fourth-order valence-corrected chi connectivity index (χ4v) is 1.08. The van der Waals surface area contributed by atoms with Crippen molar-refractivity contribution in [1.82, 2.24) is 5.32 Å². The molecule has 0 aromatic carbocycles. The molecule has 1 nitrogen and oxygen atoms in total. The van der Waals surface area contributed by atoms with E-state index in [1.54, 1.807) is 0 Å². The van der Waals surface area contributed by atoms with Gasteiger partial charge in [0.05, 0.1) is 0 Å². The second kappa shape index (κ2) is 59.7. The molecule has 0 unspecified atom stereocenters. The lowest BCUT2D eigenvalue weighted by molar-refractivity contribution is 0.592. The molecule has 0 aromatic heterocycles. The highest BCUT2D eigenvalue weighted by Gasteiger charge is 1.87. The lowest BCUT2D eigenvalue weighted by Gasteiger charge is -1.98. The summed E-state index contributed by atoms with van der Waals surface area (Å²) in [4.78, 5) is 0. The Labute approximate surface area is 139 Å². The Balaban J connectivity index is -0.0000000642. The molecule has 0 amide bonds. The molecule has 0 aliphatic heterocycles. The van der Waals surface area contributed by atoms with Gasteiger partial charge in [0, 0.05) is 0 Å². The SMILES string of the molecule is CC.CCC.CCC.CCC.CCCCCCCCNC. The third-order valence-electron chi connectivity index (χ3n) is 1.78. The standard InChI is InChI=1S/C9H21N.3C3H8.C2H6/c1-3-4-5-6-7-8-9-10-2;3*1-3-2;1-2/h10H,3-9H2,1-2H3;3*3H2,1-2H3;1-2H3. The van der Waals surface area contributed by atoms with Crippen LogP contribution in [0.4, 0.5) is 0 Å². The average molecular weight is 306 g/mol. The minimum Gasteiger partial charge on any atom is -0.320 e. The van der Waals surface area contributed by atoms with E-state index in [9.17, 15) is 0 Å². The van der Waals surface area contributed by atoms with Crippen LogP contribution in [0.3, 0.4) is 0 Å². The molecule has 0 heterocycles. The topological polar surface area (TPSA) is 12.0 Å². The summed E-state index contributed by atoms with van der Waals surface area (Å²) in [6, 6.07) is 0. The first-order valence-electron chi connectivity index (χ1n) is 9.80. The van der Waals surface area contributed by atoms with Gasteiger partial charge in [-0.1, -0.05) is 114 Å². The van der Waals surface area contributed by atoms with Gasteiger partial charge in [-0.05, 0) is 20.0 Å². The Hall–Kier alpha value is -0.0400. The third-order valence-corrected chi connectivity index (χ3v) is 1.78. The molecule has 0 aliphatic carbocycles. The maximum absolute atomic E-state index is 3.16. The Morgan fingerprint density at radius 2 is 0.810 bits per heavy atom. The summed E-state index contributed by atoms with van der Waals surface area (Å²) in [5.41, 5.74) is 0. The van der Waals surface area contributed by atoms with Gasteiger partial charge in [-0.3, -0.25) is 0 Å². The van der Waals surface area contributed by atoms with Gasteiger partial charge < -0.3 is 5.32 Å². The van der Waals surface area contributed by atoms with Gasteiger partial charge in [-0.2, -0.15) is 0 Å². The molecule has 0 saturated carbocycles. The van der Waals surface area contributed by atoms with E-state index in [0.29, 0.717) is 0 Å². The molecule has 1 N–H and O–H groups in total. The van der Waals surface area contributed by atoms with Crippen LogP contribution in [0.15, 0.2) is 0 Å². The van der Waals surface area contributed by atoms with Crippen LogP contribution in [0, 0.1) is 0 Å². The molecule has 0 saturated heterocycles. The monoisotopic (exact) mass is 305 g/mol. The molecule has 136 valence electrons. The molecular weight excluding hydrogens is 254 g/mol. The number of nitrogens with one attached hydrogen (secondary N) is 1. The van der Waals surface area contributed by atoms with E-state index in [4.69, 9.17) is 0 Å². The molecule has 0 rings (SSSR count). The van der Waals surface area contributed by atoms with Gasteiger partial charge >= 0.3 is 0 Å². The van der Waals surface area contributed by atoms with Crippen molar-refractivity contribution in [3.63, 3.8) is 0 Å². The van der Waals surface area contributed by atoms with Gasteiger partial charge in [0.1, 0.15) is 0 Å². The van der Waals surface area contributed by atoms with Crippen LogP contribution < -0.4 is 5.32 Å². The molecule has 0 aromatic rings. The van der Waals surface area contributed by atoms with Crippen molar-refractivity contribution in [2.45, 2.75) is 120 Å². The zero-order valence-electron chi connectivity index (χ0n) is 17.6. The smallest absolute Gasteiger partial charge is 0.00519 e. The molecule has 0 aliphatic rings. The van der Waals surface area contributed by atoms with Crippen LogP contribution in [0.2, 0.25) is 0 Å². The van der Waals surface area contributed by atoms with Crippen molar-refractivity contribution < 1.29 is 0 Å². The van der Waals surface area contributed by atoms with E-state index in [2.05, 4.69) is 53.8 Å². The summed E-state index contributed by atoms with van der Waals surface area (Å²) in [6.45, 7) is 20.2. The minimum atomic E-state index is 1.19. The van der Waals surface area contributed by atoms with E-state index in [1.807, 2.05) is 20.9 Å². The van der Waals surface area contributed by atoms with E-state index in [-0.39, 0.29) is 0 Å². The zero-order valence-corrected chi connectivity index (χ0v) is 17.6. The molecule has 0 spiro atoms. The van der Waals surface area contributed by atoms with Crippen LogP contribution >= 0.6 is 0 Å². The van der Waals surface area contributed by atoms with Crippen molar-refractivity contribution in [1.29, 1.82) is 0 Å². The Morgan fingerprint density at radius 3 is 1.10 bits per heavy atom. The van der Waals surface area contributed by atoms with E-state index < -0.39 is 0 Å². The van der Waals surface area contributed by atoms with Crippen molar-refractivity contribution in [2.24, 2.45) is 0 Å². The van der Waals surface area contributed by atoms with Gasteiger partial charge in [-0.15, -0.1) is 0 Å². The van der Waals surface area contributed by atoms with Gasteiger partial charge in [0.15, 0.2) is 0 Å². The first-order chi connectivity index (χ1) is 10.2. The van der Waals surface area contributed by atoms with Crippen LogP contribution in [0.5, 0.6) is 0 Å². The lowest BCUT2D eigenvalue weighted by Crippen LogP contribution is -2.06. The third kappa shape index (κ3) is 133. The molecular formula is C20H51N. The zero-order chi connectivity index (χ0) is 17.8. The summed E-state index contributed by atoms with van der Waals surface area (Å²) in [5.74, 6) is 0. The summed E-state index contributed by atoms with van der Waals surface area (Å²) < 4.78 is 0. The Kier molecular flexibility index (Phi) is 93.2. The number of rotatable bonds is 7. The van der Waals surface area contributed by atoms with Crippen molar-refractivity contribution in [3.8, 4) is 0 Å². The highest BCUT2D eigenvalue weighted by molar-refractivity contribution is 4.45. The predicted molar refractivity (Wildman–Crippen MR) is 107 cm³/mol. The maximum atomic E-state index is 3.16. The molecule has 0 atom stereocenters. The molecule has 0 bridgehead atoms. The largest absolute Gasteiger partial charge is 0.320 e. The summed E-state index contributed by atoms with van der Waals surface area (Å²) in [5, 5.41) is 3.16. The van der Waals surface area contributed by atoms with Crippen LogP contribution in [0.25, 0.3) is 0 Å². The number of hydrogen-bond acceptors (Lipinski definition) is 1. The normalized spacial score (nSPS) is 7.71. The molecule has 0 fully saturated rings. The quantitative estimate of drug-likeness (QED) is 0.472. The minimum absolute atomic E-state index is 1.19. The first kappa shape index (κ1) is 32.8. The highest BCUT2D eigenvalue weighted by Crippen LogP contribution is 2.03. The number of unbranched alkanes of at least 4 members (excludes halogenated alkanes) is 5. The van der Waals surface area contributed by atoms with E-state index in [0.717, 1.165) is 0 Å².